The Kier molecular flexibility index (Phi) is 2.28. The molecule has 13 heavy (non-hydrogen) atoms. The standard InChI is InChI=1S/C8H10N2O2S/c1-10-2-3-13-8(10)9-7(11)6-4-12-5-6/h2-3,6H,4-5H2,1H3. The minimum atomic E-state index is -0.0655. The number of ether oxygens (including phenoxy) is 1. The number of amides is 1. The fourth-order valence-corrected chi connectivity index (χ4v) is 1.73. The molecule has 1 aliphatic rings. The van der Waals surface area contributed by atoms with Crippen LogP contribution in [0.3, 0.4) is 0 Å². The second kappa shape index (κ2) is 3.43. The third-order valence-corrected chi connectivity index (χ3v) is 2.80. The van der Waals surface area contributed by atoms with E-state index in [2.05, 4.69) is 4.99 Å². The smallest absolute Gasteiger partial charge is 0.256 e. The Morgan fingerprint density at radius 3 is 3.00 bits per heavy atom. The lowest BCUT2D eigenvalue weighted by atomic mass is 10.1. The maximum absolute atomic E-state index is 11.4. The van der Waals surface area contributed by atoms with E-state index in [1.54, 1.807) is 0 Å². The Balaban J connectivity index is 2.19. The van der Waals surface area contributed by atoms with Gasteiger partial charge in [0.05, 0.1) is 19.1 Å². The van der Waals surface area contributed by atoms with E-state index in [1.165, 1.54) is 11.3 Å². The average molecular weight is 198 g/mol. The quantitative estimate of drug-likeness (QED) is 0.645. The predicted molar refractivity (Wildman–Crippen MR) is 48.2 cm³/mol. The maximum Gasteiger partial charge on any atom is 0.256 e. The van der Waals surface area contributed by atoms with Gasteiger partial charge in [-0.1, -0.05) is 0 Å². The molecule has 0 spiro atoms. The lowest BCUT2D eigenvalue weighted by Gasteiger charge is -2.21. The Labute approximate surface area is 79.5 Å². The van der Waals surface area contributed by atoms with Crippen LogP contribution in [0.2, 0.25) is 0 Å². The van der Waals surface area contributed by atoms with Crippen LogP contribution in [0, 0.1) is 5.92 Å². The molecule has 2 rings (SSSR count). The first-order valence-corrected chi connectivity index (χ1v) is 4.92. The highest BCUT2D eigenvalue weighted by atomic mass is 32.1. The normalized spacial score (nSPS) is 18.7. The van der Waals surface area contributed by atoms with Crippen LogP contribution in [0.25, 0.3) is 0 Å². The van der Waals surface area contributed by atoms with Crippen LogP contribution < -0.4 is 4.80 Å². The molecule has 0 N–H and O–H groups in total. The van der Waals surface area contributed by atoms with E-state index in [1.807, 2.05) is 23.2 Å². The molecule has 1 aromatic heterocycles. The minimum Gasteiger partial charge on any atom is -0.380 e. The van der Waals surface area contributed by atoms with Crippen LogP contribution in [0.15, 0.2) is 16.6 Å². The summed E-state index contributed by atoms with van der Waals surface area (Å²) in [5.41, 5.74) is 0. The molecule has 2 heterocycles. The van der Waals surface area contributed by atoms with Crippen molar-refractivity contribution in [2.24, 2.45) is 18.0 Å². The summed E-state index contributed by atoms with van der Waals surface area (Å²) in [4.78, 5) is 16.1. The first kappa shape index (κ1) is 8.65. The van der Waals surface area contributed by atoms with Gasteiger partial charge in [-0.2, -0.15) is 4.99 Å². The Morgan fingerprint density at radius 1 is 1.77 bits per heavy atom. The number of aryl methyl sites for hydroxylation is 1. The number of hydrogen-bond donors (Lipinski definition) is 0. The zero-order valence-corrected chi connectivity index (χ0v) is 8.08. The van der Waals surface area contributed by atoms with Gasteiger partial charge >= 0.3 is 0 Å². The van der Waals surface area contributed by atoms with Crippen molar-refractivity contribution in [1.82, 2.24) is 4.57 Å². The van der Waals surface area contributed by atoms with Crippen molar-refractivity contribution in [1.29, 1.82) is 0 Å². The van der Waals surface area contributed by atoms with Gasteiger partial charge in [0.2, 0.25) is 0 Å². The highest BCUT2D eigenvalue weighted by molar-refractivity contribution is 7.07. The third-order valence-electron chi connectivity index (χ3n) is 1.95. The number of thiazole rings is 1. The number of rotatable bonds is 1. The predicted octanol–water partition coefficient (Wildman–Crippen LogP) is 0.160. The number of nitrogens with zero attached hydrogens (tertiary/aromatic N) is 2. The molecule has 5 heteroatoms. The SMILES string of the molecule is Cn1ccsc1=NC(=O)C1COC1. The molecule has 0 saturated carbocycles. The van der Waals surface area contributed by atoms with Crippen molar-refractivity contribution in [3.8, 4) is 0 Å². The molecule has 1 fully saturated rings. The molecule has 1 aromatic rings. The highest BCUT2D eigenvalue weighted by Gasteiger charge is 2.25. The summed E-state index contributed by atoms with van der Waals surface area (Å²) in [6.07, 6.45) is 1.88. The maximum atomic E-state index is 11.4. The molecular formula is C8H10N2O2S. The van der Waals surface area contributed by atoms with Crippen molar-refractivity contribution in [3.63, 3.8) is 0 Å². The van der Waals surface area contributed by atoms with Crippen molar-refractivity contribution in [2.75, 3.05) is 13.2 Å². The first-order chi connectivity index (χ1) is 6.27. The zero-order chi connectivity index (χ0) is 9.26. The summed E-state index contributed by atoms with van der Waals surface area (Å²) >= 11 is 1.46. The molecule has 0 aliphatic carbocycles. The van der Waals surface area contributed by atoms with Gasteiger partial charge in [0.15, 0.2) is 4.80 Å². The van der Waals surface area contributed by atoms with Gasteiger partial charge in [-0.15, -0.1) is 11.3 Å². The van der Waals surface area contributed by atoms with E-state index < -0.39 is 0 Å². The summed E-state index contributed by atoms with van der Waals surface area (Å²) in [6.45, 7) is 1.05. The van der Waals surface area contributed by atoms with Crippen LogP contribution in [-0.4, -0.2) is 23.7 Å². The second-order valence-electron chi connectivity index (χ2n) is 2.98. The largest absolute Gasteiger partial charge is 0.380 e. The van der Waals surface area contributed by atoms with Crippen LogP contribution in [-0.2, 0) is 16.6 Å². The van der Waals surface area contributed by atoms with Crippen molar-refractivity contribution >= 4 is 17.2 Å². The summed E-state index contributed by atoms with van der Waals surface area (Å²) in [6, 6.07) is 0. The van der Waals surface area contributed by atoms with Gasteiger partial charge in [0.25, 0.3) is 5.91 Å². The van der Waals surface area contributed by atoms with E-state index in [0.717, 1.165) is 4.80 Å². The van der Waals surface area contributed by atoms with Crippen LogP contribution in [0.4, 0.5) is 0 Å². The van der Waals surface area contributed by atoms with Gasteiger partial charge in [-0.3, -0.25) is 4.79 Å². The Morgan fingerprint density at radius 2 is 2.54 bits per heavy atom. The third kappa shape index (κ3) is 1.71. The number of carbonyl (C=O) groups is 1. The molecule has 0 radical (unpaired) electrons. The van der Waals surface area contributed by atoms with Crippen molar-refractivity contribution < 1.29 is 9.53 Å². The topological polar surface area (TPSA) is 43.6 Å². The molecule has 1 amide bonds. The van der Waals surface area contributed by atoms with Crippen LogP contribution >= 0.6 is 11.3 Å². The lowest BCUT2D eigenvalue weighted by molar-refractivity contribution is -0.135. The van der Waals surface area contributed by atoms with Crippen LogP contribution in [0.5, 0.6) is 0 Å². The fraction of sp³-hybridized carbons (Fsp3) is 0.500. The van der Waals surface area contributed by atoms with E-state index in [9.17, 15) is 4.79 Å². The zero-order valence-electron chi connectivity index (χ0n) is 7.27. The van der Waals surface area contributed by atoms with Crippen molar-refractivity contribution in [3.05, 3.63) is 16.4 Å². The summed E-state index contributed by atoms with van der Waals surface area (Å²) in [5.74, 6) is -0.0774. The average Bonchev–Trinajstić information content (AvgIpc) is 2.32. The molecule has 0 atom stereocenters. The molecule has 4 nitrogen and oxygen atoms in total. The van der Waals surface area contributed by atoms with E-state index >= 15 is 0 Å². The fourth-order valence-electron chi connectivity index (χ4n) is 0.999. The van der Waals surface area contributed by atoms with Gasteiger partial charge in [0, 0.05) is 18.6 Å². The van der Waals surface area contributed by atoms with E-state index in [4.69, 9.17) is 4.74 Å². The van der Waals surface area contributed by atoms with Crippen molar-refractivity contribution in [2.45, 2.75) is 0 Å². The second-order valence-corrected chi connectivity index (χ2v) is 3.85. The number of hydrogen-bond acceptors (Lipinski definition) is 3. The lowest BCUT2D eigenvalue weighted by Crippen LogP contribution is -2.34. The molecule has 1 saturated heterocycles. The van der Waals surface area contributed by atoms with Gasteiger partial charge in [-0.05, 0) is 0 Å². The molecule has 70 valence electrons. The van der Waals surface area contributed by atoms with Gasteiger partial charge < -0.3 is 9.30 Å². The molecule has 0 aromatic carbocycles. The van der Waals surface area contributed by atoms with Gasteiger partial charge in [-0.25, -0.2) is 0 Å². The Hall–Kier alpha value is -0.940. The minimum absolute atomic E-state index is 0.0119. The number of aromatic nitrogens is 1. The molecule has 0 unspecified atom stereocenters. The van der Waals surface area contributed by atoms with Crippen LogP contribution in [0.1, 0.15) is 0 Å². The monoisotopic (exact) mass is 198 g/mol. The van der Waals surface area contributed by atoms with Gasteiger partial charge in [0.1, 0.15) is 0 Å². The van der Waals surface area contributed by atoms with E-state index in [0.29, 0.717) is 13.2 Å². The summed E-state index contributed by atoms with van der Waals surface area (Å²) < 4.78 is 6.76. The first-order valence-electron chi connectivity index (χ1n) is 4.04. The Bertz CT molecular complexity index is 375. The highest BCUT2D eigenvalue weighted by Crippen LogP contribution is 2.10. The van der Waals surface area contributed by atoms with E-state index in [-0.39, 0.29) is 11.8 Å². The molecule has 0 bridgehead atoms. The summed E-state index contributed by atoms with van der Waals surface area (Å²) in [7, 11) is 1.87. The molecule has 1 aliphatic heterocycles. The summed E-state index contributed by atoms with van der Waals surface area (Å²) in [5, 5.41) is 1.91. The number of carbonyl (C=O) groups excluding carboxylic acids is 1. The molecular weight excluding hydrogens is 188 g/mol.